The summed E-state index contributed by atoms with van der Waals surface area (Å²) in [5, 5.41) is 17.1. The molecule has 4 aromatic rings. The summed E-state index contributed by atoms with van der Waals surface area (Å²) in [6, 6.07) is 7.44. The summed E-state index contributed by atoms with van der Waals surface area (Å²) in [6.45, 7) is 2.05. The lowest BCUT2D eigenvalue weighted by Gasteiger charge is -2.00. The van der Waals surface area contributed by atoms with Gasteiger partial charge in [0.25, 0.3) is 0 Å². The van der Waals surface area contributed by atoms with Crippen LogP contribution in [0.1, 0.15) is 5.56 Å². The van der Waals surface area contributed by atoms with Crippen LogP contribution in [-0.4, -0.2) is 19.8 Å². The van der Waals surface area contributed by atoms with Gasteiger partial charge in [0.2, 0.25) is 4.96 Å². The normalized spacial score (nSPS) is 11.4. The molecule has 0 aliphatic heterocycles. The number of aryl methyl sites for hydroxylation is 1. The second-order valence-corrected chi connectivity index (χ2v) is 7.40. The fourth-order valence-corrected chi connectivity index (χ4v) is 4.46. The first kappa shape index (κ1) is 14.1. The van der Waals surface area contributed by atoms with E-state index >= 15 is 0 Å². The average molecular weight is 367 g/mol. The van der Waals surface area contributed by atoms with Crippen LogP contribution in [0.3, 0.4) is 0 Å². The Morgan fingerprint density at radius 2 is 2.00 bits per heavy atom. The van der Waals surface area contributed by atoms with Crippen molar-refractivity contribution >= 4 is 50.8 Å². The Hall–Kier alpha value is -1.47. The van der Waals surface area contributed by atoms with Gasteiger partial charge in [0, 0.05) is 10.6 Å². The van der Waals surface area contributed by atoms with Gasteiger partial charge in [-0.1, -0.05) is 34.5 Å². The summed E-state index contributed by atoms with van der Waals surface area (Å²) in [7, 11) is 0. The second kappa shape index (κ2) is 5.31. The van der Waals surface area contributed by atoms with E-state index in [-0.39, 0.29) is 0 Å². The van der Waals surface area contributed by atoms with Gasteiger partial charge in [-0.3, -0.25) is 0 Å². The standard InChI is InChI=1S/C14H8Cl2N4S2/c1-7-4-5-21-11(7)12-17-18-14-20(12)19-13(22-14)9-3-2-8(15)6-10(9)16/h2-6H,1H3. The molecule has 4 rings (SSSR count). The third-order valence-corrected chi connectivity index (χ3v) is 5.71. The number of hydrogen-bond donors (Lipinski definition) is 0. The lowest BCUT2D eigenvalue weighted by molar-refractivity contribution is 0.973. The van der Waals surface area contributed by atoms with E-state index in [0.717, 1.165) is 26.2 Å². The number of nitrogens with zero attached hydrogens (tertiary/aromatic N) is 4. The number of halogens is 2. The van der Waals surface area contributed by atoms with Gasteiger partial charge < -0.3 is 0 Å². The first-order valence-corrected chi connectivity index (χ1v) is 8.81. The molecule has 0 N–H and O–H groups in total. The summed E-state index contributed by atoms with van der Waals surface area (Å²) in [6.07, 6.45) is 0. The zero-order chi connectivity index (χ0) is 15.3. The molecule has 0 aliphatic rings. The van der Waals surface area contributed by atoms with Crippen molar-refractivity contribution in [1.29, 1.82) is 0 Å². The predicted octanol–water partition coefficient (Wildman–Crippen LogP) is 5.20. The molecule has 8 heteroatoms. The topological polar surface area (TPSA) is 43.1 Å². The summed E-state index contributed by atoms with van der Waals surface area (Å²) in [5.41, 5.74) is 2.01. The highest BCUT2D eigenvalue weighted by Crippen LogP contribution is 2.35. The van der Waals surface area contributed by atoms with E-state index in [1.54, 1.807) is 28.0 Å². The van der Waals surface area contributed by atoms with Crippen molar-refractivity contribution in [2.75, 3.05) is 0 Å². The molecule has 0 saturated heterocycles. The number of aromatic nitrogens is 4. The van der Waals surface area contributed by atoms with Gasteiger partial charge in [0.05, 0.1) is 9.90 Å². The Morgan fingerprint density at radius 1 is 1.14 bits per heavy atom. The van der Waals surface area contributed by atoms with Crippen LogP contribution < -0.4 is 0 Å². The molecular formula is C14H8Cl2N4S2. The SMILES string of the molecule is Cc1ccsc1-c1nnc2sc(-c3ccc(Cl)cc3Cl)nn12. The molecule has 0 aliphatic carbocycles. The Morgan fingerprint density at radius 3 is 2.73 bits per heavy atom. The number of thiophene rings is 1. The van der Waals surface area contributed by atoms with E-state index in [4.69, 9.17) is 23.2 Å². The molecule has 0 fully saturated rings. The smallest absolute Gasteiger partial charge is 0.181 e. The lowest BCUT2D eigenvalue weighted by atomic mass is 10.2. The molecule has 0 bridgehead atoms. The van der Waals surface area contributed by atoms with E-state index in [0.29, 0.717) is 10.0 Å². The first-order chi connectivity index (χ1) is 10.6. The maximum absolute atomic E-state index is 6.26. The lowest BCUT2D eigenvalue weighted by Crippen LogP contribution is -1.90. The molecule has 0 atom stereocenters. The molecule has 3 heterocycles. The molecule has 4 nitrogen and oxygen atoms in total. The summed E-state index contributed by atoms with van der Waals surface area (Å²) >= 11 is 15.3. The van der Waals surface area contributed by atoms with Crippen molar-refractivity contribution in [3.8, 4) is 21.3 Å². The maximum atomic E-state index is 6.26. The van der Waals surface area contributed by atoms with Gasteiger partial charge in [-0.25, -0.2) is 0 Å². The minimum Gasteiger partial charge on any atom is -0.181 e. The monoisotopic (exact) mass is 366 g/mol. The third kappa shape index (κ3) is 2.23. The largest absolute Gasteiger partial charge is 0.235 e. The molecule has 0 unspecified atom stereocenters. The third-order valence-electron chi connectivity index (χ3n) is 3.22. The Bertz CT molecular complexity index is 986. The number of fused-ring (bicyclic) bond motifs is 1. The van der Waals surface area contributed by atoms with Gasteiger partial charge in [0.1, 0.15) is 5.01 Å². The number of benzene rings is 1. The fourth-order valence-electron chi connectivity index (χ4n) is 2.13. The number of hydrogen-bond acceptors (Lipinski definition) is 5. The summed E-state index contributed by atoms with van der Waals surface area (Å²) in [5.74, 6) is 0.759. The average Bonchev–Trinajstić information content (AvgIpc) is 3.14. The Kier molecular flexibility index (Phi) is 3.41. The second-order valence-electron chi connectivity index (χ2n) is 4.68. The highest BCUT2D eigenvalue weighted by atomic mass is 35.5. The van der Waals surface area contributed by atoms with Gasteiger partial charge in [-0.15, -0.1) is 21.5 Å². The molecule has 0 radical (unpaired) electrons. The van der Waals surface area contributed by atoms with Crippen molar-refractivity contribution in [3.05, 3.63) is 45.3 Å². The first-order valence-electron chi connectivity index (χ1n) is 6.35. The van der Waals surface area contributed by atoms with Crippen LogP contribution in [-0.2, 0) is 0 Å². The zero-order valence-corrected chi connectivity index (χ0v) is 14.4. The molecule has 110 valence electrons. The van der Waals surface area contributed by atoms with Crippen LogP contribution in [0.2, 0.25) is 10.0 Å². The van der Waals surface area contributed by atoms with Crippen molar-refractivity contribution < 1.29 is 0 Å². The molecule has 0 spiro atoms. The molecule has 0 saturated carbocycles. The zero-order valence-electron chi connectivity index (χ0n) is 11.2. The van der Waals surface area contributed by atoms with Crippen molar-refractivity contribution in [2.45, 2.75) is 6.92 Å². The van der Waals surface area contributed by atoms with E-state index in [9.17, 15) is 0 Å². The van der Waals surface area contributed by atoms with Gasteiger partial charge in [-0.2, -0.15) is 9.61 Å². The van der Waals surface area contributed by atoms with Crippen LogP contribution >= 0.6 is 45.9 Å². The highest BCUT2D eigenvalue weighted by molar-refractivity contribution is 7.20. The fraction of sp³-hybridized carbons (Fsp3) is 0.0714. The van der Waals surface area contributed by atoms with Crippen LogP contribution in [0.5, 0.6) is 0 Å². The Labute approximate surface area is 144 Å². The van der Waals surface area contributed by atoms with E-state index in [1.807, 2.05) is 11.4 Å². The Balaban J connectivity index is 1.89. The summed E-state index contributed by atoms with van der Waals surface area (Å²) < 4.78 is 1.77. The molecule has 0 amide bonds. The van der Waals surface area contributed by atoms with Crippen LogP contribution in [0.4, 0.5) is 0 Å². The highest BCUT2D eigenvalue weighted by Gasteiger charge is 2.17. The minimum atomic E-state index is 0.575. The van der Waals surface area contributed by atoms with Crippen LogP contribution in [0, 0.1) is 6.92 Å². The molecule has 3 aromatic heterocycles. The van der Waals surface area contributed by atoms with Gasteiger partial charge in [0.15, 0.2) is 5.82 Å². The van der Waals surface area contributed by atoms with Gasteiger partial charge in [-0.05, 0) is 42.1 Å². The minimum absolute atomic E-state index is 0.575. The van der Waals surface area contributed by atoms with Crippen LogP contribution in [0.25, 0.3) is 26.2 Å². The van der Waals surface area contributed by atoms with Crippen molar-refractivity contribution in [2.24, 2.45) is 0 Å². The van der Waals surface area contributed by atoms with Crippen LogP contribution in [0.15, 0.2) is 29.6 Å². The van der Waals surface area contributed by atoms with E-state index < -0.39 is 0 Å². The predicted molar refractivity (Wildman–Crippen MR) is 92.2 cm³/mol. The maximum Gasteiger partial charge on any atom is 0.235 e. The van der Waals surface area contributed by atoms with Crippen molar-refractivity contribution in [1.82, 2.24) is 19.8 Å². The number of rotatable bonds is 2. The van der Waals surface area contributed by atoms with E-state index in [2.05, 4.69) is 28.3 Å². The quantitative estimate of drug-likeness (QED) is 0.489. The van der Waals surface area contributed by atoms with Crippen molar-refractivity contribution in [3.63, 3.8) is 0 Å². The molecular weight excluding hydrogens is 359 g/mol. The molecule has 22 heavy (non-hydrogen) atoms. The van der Waals surface area contributed by atoms with Gasteiger partial charge >= 0.3 is 0 Å². The summed E-state index contributed by atoms with van der Waals surface area (Å²) in [4.78, 5) is 1.82. The van der Waals surface area contributed by atoms with E-state index in [1.165, 1.54) is 16.9 Å². The molecule has 1 aromatic carbocycles.